The molecule has 3 aromatic rings. The molecule has 148 valence electrons. The number of oxazole rings is 1. The third kappa shape index (κ3) is 5.58. The average molecular weight is 403 g/mol. The van der Waals surface area contributed by atoms with Crippen LogP contribution in [0.2, 0.25) is 0 Å². The van der Waals surface area contributed by atoms with Crippen molar-refractivity contribution in [2.75, 3.05) is 6.61 Å². The molecule has 7 heteroatoms. The Morgan fingerprint density at radius 1 is 1.18 bits per heavy atom. The molecule has 0 spiro atoms. The highest BCUT2D eigenvalue weighted by Crippen LogP contribution is 2.22. The summed E-state index contributed by atoms with van der Waals surface area (Å²) < 4.78 is 11.5. The van der Waals surface area contributed by atoms with Crippen molar-refractivity contribution in [2.45, 2.75) is 25.8 Å². The van der Waals surface area contributed by atoms with Gasteiger partial charge >= 0.3 is 5.97 Å². The number of hydrogen-bond acceptors (Lipinski definition) is 5. The number of hydrogen-bond donors (Lipinski definition) is 2. The molecule has 1 aromatic heterocycles. The van der Waals surface area contributed by atoms with Crippen LogP contribution in [0.25, 0.3) is 11.5 Å². The minimum absolute atomic E-state index is 0. The van der Waals surface area contributed by atoms with Gasteiger partial charge in [-0.05, 0) is 43.2 Å². The van der Waals surface area contributed by atoms with Gasteiger partial charge in [-0.1, -0.05) is 30.3 Å². The molecule has 3 rings (SSSR count). The van der Waals surface area contributed by atoms with Crippen molar-refractivity contribution in [1.29, 1.82) is 0 Å². The van der Waals surface area contributed by atoms with Crippen LogP contribution in [0.4, 0.5) is 0 Å². The SMILES string of the molecule is Cc1oc(-c2ccccc2)nc1CCOc1ccc(C[C@H](N)C(=O)O)cc1.Cl. The van der Waals surface area contributed by atoms with Crippen LogP contribution in [0.5, 0.6) is 5.75 Å². The fourth-order valence-corrected chi connectivity index (χ4v) is 2.69. The maximum absolute atomic E-state index is 10.8. The van der Waals surface area contributed by atoms with E-state index in [1.807, 2.05) is 61.5 Å². The van der Waals surface area contributed by atoms with E-state index in [1.54, 1.807) is 0 Å². The van der Waals surface area contributed by atoms with Crippen molar-refractivity contribution in [2.24, 2.45) is 5.73 Å². The van der Waals surface area contributed by atoms with Crippen LogP contribution in [-0.4, -0.2) is 28.7 Å². The fourth-order valence-electron chi connectivity index (χ4n) is 2.69. The minimum Gasteiger partial charge on any atom is -0.493 e. The van der Waals surface area contributed by atoms with Crippen LogP contribution in [0.3, 0.4) is 0 Å². The summed E-state index contributed by atoms with van der Waals surface area (Å²) in [6.07, 6.45) is 0.920. The number of halogens is 1. The summed E-state index contributed by atoms with van der Waals surface area (Å²) in [4.78, 5) is 15.4. The molecule has 0 bridgehead atoms. The summed E-state index contributed by atoms with van der Waals surface area (Å²) in [6.45, 7) is 2.37. The number of carbonyl (C=O) groups is 1. The van der Waals surface area contributed by atoms with Gasteiger partial charge in [0.25, 0.3) is 0 Å². The molecule has 6 nitrogen and oxygen atoms in total. The normalized spacial score (nSPS) is 11.5. The molecule has 3 N–H and O–H groups in total. The molecular formula is C21H23ClN2O4. The topological polar surface area (TPSA) is 98.6 Å². The largest absolute Gasteiger partial charge is 0.493 e. The van der Waals surface area contributed by atoms with Crippen LogP contribution in [0, 0.1) is 6.92 Å². The molecular weight excluding hydrogens is 380 g/mol. The summed E-state index contributed by atoms with van der Waals surface area (Å²) in [5.41, 5.74) is 8.22. The maximum Gasteiger partial charge on any atom is 0.320 e. The van der Waals surface area contributed by atoms with Crippen molar-refractivity contribution < 1.29 is 19.1 Å². The van der Waals surface area contributed by atoms with E-state index in [0.29, 0.717) is 24.7 Å². The van der Waals surface area contributed by atoms with Gasteiger partial charge in [0.2, 0.25) is 5.89 Å². The molecule has 0 saturated heterocycles. The first kappa shape index (κ1) is 21.5. The van der Waals surface area contributed by atoms with Gasteiger partial charge in [-0.15, -0.1) is 12.4 Å². The minimum atomic E-state index is -1.01. The average Bonchev–Trinajstić information content (AvgIpc) is 3.04. The Morgan fingerprint density at radius 3 is 2.50 bits per heavy atom. The second-order valence-electron chi connectivity index (χ2n) is 6.28. The number of carboxylic acids is 1. The highest BCUT2D eigenvalue weighted by atomic mass is 35.5. The molecule has 0 aliphatic heterocycles. The number of nitrogens with zero attached hydrogens (tertiary/aromatic N) is 1. The number of rotatable bonds is 8. The molecule has 0 unspecified atom stereocenters. The summed E-state index contributed by atoms with van der Waals surface area (Å²) in [5, 5.41) is 8.86. The number of benzene rings is 2. The van der Waals surface area contributed by atoms with Gasteiger partial charge in [-0.2, -0.15) is 0 Å². The molecule has 0 amide bonds. The lowest BCUT2D eigenvalue weighted by atomic mass is 10.1. The Morgan fingerprint density at radius 2 is 1.86 bits per heavy atom. The first-order valence-electron chi connectivity index (χ1n) is 8.75. The maximum atomic E-state index is 10.8. The van der Waals surface area contributed by atoms with Crippen LogP contribution in [-0.2, 0) is 17.6 Å². The summed E-state index contributed by atoms with van der Waals surface area (Å²) in [6, 6.07) is 16.2. The van der Waals surface area contributed by atoms with E-state index in [2.05, 4.69) is 4.98 Å². The van der Waals surface area contributed by atoms with Crippen molar-refractivity contribution >= 4 is 18.4 Å². The molecule has 1 atom stereocenters. The zero-order chi connectivity index (χ0) is 19.2. The quantitative estimate of drug-likeness (QED) is 0.596. The van der Waals surface area contributed by atoms with Crippen LogP contribution in [0.15, 0.2) is 59.0 Å². The van der Waals surface area contributed by atoms with E-state index >= 15 is 0 Å². The number of ether oxygens (including phenoxy) is 1. The standard InChI is InChI=1S/C21H22N2O4.ClH/c1-14-19(23-20(27-14)16-5-3-2-4-6-16)11-12-26-17-9-7-15(8-10-17)13-18(22)21(24)25;/h2-10,18H,11-13,22H2,1H3,(H,24,25);1H/t18-;/m0./s1. The molecule has 2 aromatic carbocycles. The van der Waals surface area contributed by atoms with E-state index < -0.39 is 12.0 Å². The van der Waals surface area contributed by atoms with Gasteiger partial charge in [0.05, 0.1) is 12.3 Å². The monoisotopic (exact) mass is 402 g/mol. The third-order valence-corrected chi connectivity index (χ3v) is 4.22. The highest BCUT2D eigenvalue weighted by molar-refractivity contribution is 5.85. The second kappa shape index (κ2) is 9.92. The Kier molecular flexibility index (Phi) is 7.61. The predicted octanol–water partition coefficient (Wildman–Crippen LogP) is 3.65. The Bertz CT molecular complexity index is 895. The van der Waals surface area contributed by atoms with E-state index in [4.69, 9.17) is 20.0 Å². The Hall–Kier alpha value is -2.83. The first-order chi connectivity index (χ1) is 13.0. The van der Waals surface area contributed by atoms with Crippen molar-refractivity contribution in [3.8, 4) is 17.2 Å². The molecule has 28 heavy (non-hydrogen) atoms. The van der Waals surface area contributed by atoms with Crippen molar-refractivity contribution in [3.05, 3.63) is 71.6 Å². The number of aromatic nitrogens is 1. The lowest BCUT2D eigenvalue weighted by Crippen LogP contribution is -2.32. The van der Waals surface area contributed by atoms with Crippen LogP contribution in [0.1, 0.15) is 17.0 Å². The van der Waals surface area contributed by atoms with Crippen LogP contribution < -0.4 is 10.5 Å². The zero-order valence-electron chi connectivity index (χ0n) is 15.5. The summed E-state index contributed by atoms with van der Waals surface area (Å²) in [7, 11) is 0. The predicted molar refractivity (Wildman–Crippen MR) is 109 cm³/mol. The van der Waals surface area contributed by atoms with E-state index in [-0.39, 0.29) is 18.8 Å². The first-order valence-corrected chi connectivity index (χ1v) is 8.75. The number of nitrogens with two attached hydrogens (primary N) is 1. The number of aliphatic carboxylic acids is 1. The number of carboxylic acid groups (broad SMARTS) is 1. The lowest BCUT2D eigenvalue weighted by Gasteiger charge is -2.08. The second-order valence-corrected chi connectivity index (χ2v) is 6.28. The molecule has 0 aliphatic carbocycles. The van der Waals surface area contributed by atoms with E-state index in [1.165, 1.54) is 0 Å². The molecule has 0 fully saturated rings. The van der Waals surface area contributed by atoms with Crippen molar-refractivity contribution in [1.82, 2.24) is 4.98 Å². The molecule has 0 aliphatic rings. The van der Waals surface area contributed by atoms with Gasteiger partial charge in [-0.3, -0.25) is 4.79 Å². The van der Waals surface area contributed by atoms with Crippen molar-refractivity contribution in [3.63, 3.8) is 0 Å². The zero-order valence-corrected chi connectivity index (χ0v) is 16.3. The smallest absolute Gasteiger partial charge is 0.320 e. The highest BCUT2D eigenvalue weighted by Gasteiger charge is 2.13. The van der Waals surface area contributed by atoms with Gasteiger partial charge < -0.3 is 20.0 Å². The van der Waals surface area contributed by atoms with Gasteiger partial charge in [0.1, 0.15) is 17.6 Å². The lowest BCUT2D eigenvalue weighted by molar-refractivity contribution is -0.138. The molecule has 1 heterocycles. The van der Waals surface area contributed by atoms with E-state index in [0.717, 1.165) is 22.6 Å². The summed E-state index contributed by atoms with van der Waals surface area (Å²) in [5.74, 6) is 1.11. The Balaban J connectivity index is 0.00000280. The van der Waals surface area contributed by atoms with Gasteiger partial charge in [0, 0.05) is 12.0 Å². The molecule has 0 radical (unpaired) electrons. The fraction of sp³-hybridized carbons (Fsp3) is 0.238. The third-order valence-electron chi connectivity index (χ3n) is 4.22. The van der Waals surface area contributed by atoms with Gasteiger partial charge in [-0.25, -0.2) is 4.98 Å². The van der Waals surface area contributed by atoms with Crippen LogP contribution >= 0.6 is 12.4 Å². The number of aryl methyl sites for hydroxylation is 1. The van der Waals surface area contributed by atoms with Gasteiger partial charge in [0.15, 0.2) is 0 Å². The Labute approximate surface area is 169 Å². The van der Waals surface area contributed by atoms with E-state index in [9.17, 15) is 4.79 Å². The summed E-state index contributed by atoms with van der Waals surface area (Å²) >= 11 is 0. The molecule has 0 saturated carbocycles.